The van der Waals surface area contributed by atoms with Gasteiger partial charge in [0.05, 0.1) is 18.6 Å². The number of halogens is 1. The van der Waals surface area contributed by atoms with Gasteiger partial charge in [0.2, 0.25) is 0 Å². The van der Waals surface area contributed by atoms with E-state index < -0.39 is 0 Å². The molecule has 0 aromatic heterocycles. The maximum Gasteiger partial charge on any atom is 0.165 e. The van der Waals surface area contributed by atoms with Crippen molar-refractivity contribution >= 4 is 5.69 Å². The Bertz CT molecular complexity index is 452. The summed E-state index contributed by atoms with van der Waals surface area (Å²) in [5.74, 6) is -0.112. The summed E-state index contributed by atoms with van der Waals surface area (Å²) in [5, 5.41) is 12.1. The summed E-state index contributed by atoms with van der Waals surface area (Å²) >= 11 is 0. The second-order valence-corrected chi connectivity index (χ2v) is 5.23. The first kappa shape index (κ1) is 15.3. The first-order valence-electron chi connectivity index (χ1n) is 6.47. The van der Waals surface area contributed by atoms with Crippen LogP contribution in [0.1, 0.15) is 33.1 Å². The Hall–Kier alpha value is -1.76. The number of nitrogens with one attached hydrogen (secondary N) is 1. The second kappa shape index (κ2) is 6.98. The molecule has 1 rings (SSSR count). The highest BCUT2D eigenvalue weighted by molar-refractivity contribution is 5.48. The van der Waals surface area contributed by atoms with Gasteiger partial charge in [0, 0.05) is 18.3 Å². The van der Waals surface area contributed by atoms with Gasteiger partial charge in [-0.05, 0) is 38.8 Å². The van der Waals surface area contributed by atoms with E-state index in [0.29, 0.717) is 0 Å². The third-order valence-electron chi connectivity index (χ3n) is 3.01. The molecule has 0 spiro atoms. The van der Waals surface area contributed by atoms with E-state index >= 15 is 0 Å². The number of hydrogen-bond donors (Lipinski definition) is 1. The van der Waals surface area contributed by atoms with Crippen LogP contribution >= 0.6 is 0 Å². The zero-order valence-electron chi connectivity index (χ0n) is 11.8. The molecule has 0 aliphatic carbocycles. The highest BCUT2D eigenvalue weighted by Crippen LogP contribution is 2.23. The first-order chi connectivity index (χ1) is 8.98. The fourth-order valence-electron chi connectivity index (χ4n) is 1.75. The van der Waals surface area contributed by atoms with Gasteiger partial charge in [-0.15, -0.1) is 0 Å². The van der Waals surface area contributed by atoms with Crippen LogP contribution in [0.3, 0.4) is 0 Å². The van der Waals surface area contributed by atoms with Gasteiger partial charge in [0.15, 0.2) is 11.6 Å². The largest absolute Gasteiger partial charge is 0.494 e. The average molecular weight is 264 g/mol. The fourth-order valence-corrected chi connectivity index (χ4v) is 1.75. The molecule has 0 saturated carbocycles. The number of methoxy groups -OCH3 is 1. The van der Waals surface area contributed by atoms with E-state index in [1.54, 1.807) is 12.1 Å². The number of anilines is 1. The fraction of sp³-hybridized carbons (Fsp3) is 0.533. The van der Waals surface area contributed by atoms with Crippen LogP contribution in [-0.4, -0.2) is 13.7 Å². The number of nitriles is 1. The Morgan fingerprint density at radius 1 is 1.37 bits per heavy atom. The van der Waals surface area contributed by atoms with E-state index in [-0.39, 0.29) is 17.0 Å². The van der Waals surface area contributed by atoms with E-state index in [4.69, 9.17) is 10.00 Å². The van der Waals surface area contributed by atoms with Gasteiger partial charge in [0.1, 0.15) is 0 Å². The lowest BCUT2D eigenvalue weighted by atomic mass is 9.89. The summed E-state index contributed by atoms with van der Waals surface area (Å²) in [6.07, 6.45) is 2.86. The minimum absolute atomic E-state index is 0.246. The predicted molar refractivity (Wildman–Crippen MR) is 74.7 cm³/mol. The summed E-state index contributed by atoms with van der Waals surface area (Å²) < 4.78 is 18.1. The van der Waals surface area contributed by atoms with Crippen LogP contribution in [0.25, 0.3) is 0 Å². The van der Waals surface area contributed by atoms with Crippen LogP contribution in [-0.2, 0) is 0 Å². The molecule has 19 heavy (non-hydrogen) atoms. The van der Waals surface area contributed by atoms with E-state index in [1.165, 1.54) is 13.2 Å². The van der Waals surface area contributed by atoms with Gasteiger partial charge in [0.25, 0.3) is 0 Å². The molecule has 0 unspecified atom stereocenters. The third kappa shape index (κ3) is 5.17. The summed E-state index contributed by atoms with van der Waals surface area (Å²) in [6.45, 7) is 4.70. The molecule has 1 N–H and O–H groups in total. The van der Waals surface area contributed by atoms with Crippen LogP contribution < -0.4 is 10.1 Å². The van der Waals surface area contributed by atoms with Crippen molar-refractivity contribution in [3.63, 3.8) is 0 Å². The molecular formula is C15H21FN2O. The molecule has 1 aromatic carbocycles. The van der Waals surface area contributed by atoms with E-state index in [9.17, 15) is 4.39 Å². The number of unbranched alkanes of at least 4 members (excludes halogenated alkanes) is 1. The van der Waals surface area contributed by atoms with Crippen molar-refractivity contribution in [3.05, 3.63) is 24.0 Å². The lowest BCUT2D eigenvalue weighted by Gasteiger charge is -2.14. The molecule has 0 heterocycles. The van der Waals surface area contributed by atoms with Crippen molar-refractivity contribution in [1.29, 1.82) is 5.26 Å². The molecule has 4 heteroatoms. The van der Waals surface area contributed by atoms with Crippen molar-refractivity contribution < 1.29 is 9.13 Å². The molecule has 0 amide bonds. The maximum atomic E-state index is 13.2. The van der Waals surface area contributed by atoms with Gasteiger partial charge in [-0.2, -0.15) is 5.26 Å². The smallest absolute Gasteiger partial charge is 0.165 e. The van der Waals surface area contributed by atoms with Crippen molar-refractivity contribution in [2.75, 3.05) is 19.0 Å². The summed E-state index contributed by atoms with van der Waals surface area (Å²) in [7, 11) is 1.45. The lowest BCUT2D eigenvalue weighted by molar-refractivity contribution is 0.387. The summed E-state index contributed by atoms with van der Waals surface area (Å²) in [4.78, 5) is 0. The molecule has 0 radical (unpaired) electrons. The Balaban J connectivity index is 2.32. The molecule has 1 aromatic rings. The topological polar surface area (TPSA) is 45.0 Å². The van der Waals surface area contributed by atoms with E-state index in [0.717, 1.165) is 31.5 Å². The van der Waals surface area contributed by atoms with Crippen LogP contribution in [0, 0.1) is 22.6 Å². The van der Waals surface area contributed by atoms with Crippen molar-refractivity contribution in [3.8, 4) is 11.8 Å². The highest BCUT2D eigenvalue weighted by Gasteiger charge is 2.15. The van der Waals surface area contributed by atoms with Crippen LogP contribution in [0.5, 0.6) is 5.75 Å². The maximum absolute atomic E-state index is 13.2. The van der Waals surface area contributed by atoms with Gasteiger partial charge in [-0.25, -0.2) is 4.39 Å². The van der Waals surface area contributed by atoms with Gasteiger partial charge in [-0.3, -0.25) is 0 Å². The standard InChI is InChI=1S/C15H21FN2O/c1-15(2,11-17)8-4-5-9-18-12-6-7-13(16)14(10-12)19-3/h6-7,10,18H,4-5,8-9H2,1-3H3. The van der Waals surface area contributed by atoms with E-state index in [1.807, 2.05) is 13.8 Å². The number of ether oxygens (including phenoxy) is 1. The van der Waals surface area contributed by atoms with Crippen LogP contribution in [0.15, 0.2) is 18.2 Å². The molecular weight excluding hydrogens is 243 g/mol. The molecule has 0 aliphatic rings. The van der Waals surface area contributed by atoms with Gasteiger partial charge in [-0.1, -0.05) is 6.42 Å². The number of rotatable bonds is 7. The van der Waals surface area contributed by atoms with Crippen LogP contribution in [0.2, 0.25) is 0 Å². The predicted octanol–water partition coefficient (Wildman–Crippen LogP) is 3.97. The molecule has 3 nitrogen and oxygen atoms in total. The zero-order chi connectivity index (χ0) is 14.3. The average Bonchev–Trinajstić information content (AvgIpc) is 2.40. The minimum atomic E-state index is -0.358. The van der Waals surface area contributed by atoms with Crippen molar-refractivity contribution in [2.45, 2.75) is 33.1 Å². The van der Waals surface area contributed by atoms with Crippen molar-refractivity contribution in [2.24, 2.45) is 5.41 Å². The second-order valence-electron chi connectivity index (χ2n) is 5.23. The molecule has 0 aliphatic heterocycles. The summed E-state index contributed by atoms with van der Waals surface area (Å²) in [6, 6.07) is 7.02. The Morgan fingerprint density at radius 3 is 2.74 bits per heavy atom. The first-order valence-corrected chi connectivity index (χ1v) is 6.47. The molecule has 0 saturated heterocycles. The number of nitrogens with zero attached hydrogens (tertiary/aromatic N) is 1. The quantitative estimate of drug-likeness (QED) is 0.758. The van der Waals surface area contributed by atoms with Gasteiger partial charge >= 0.3 is 0 Å². The third-order valence-corrected chi connectivity index (χ3v) is 3.01. The molecule has 0 bridgehead atoms. The number of benzene rings is 1. The summed E-state index contributed by atoms with van der Waals surface area (Å²) in [5.41, 5.74) is 0.594. The zero-order valence-corrected chi connectivity index (χ0v) is 11.8. The van der Waals surface area contributed by atoms with Crippen LogP contribution in [0.4, 0.5) is 10.1 Å². The van der Waals surface area contributed by atoms with Crippen molar-refractivity contribution in [1.82, 2.24) is 0 Å². The molecule has 104 valence electrons. The Labute approximate surface area is 114 Å². The minimum Gasteiger partial charge on any atom is -0.494 e. The lowest BCUT2D eigenvalue weighted by Crippen LogP contribution is -2.09. The van der Waals surface area contributed by atoms with Gasteiger partial charge < -0.3 is 10.1 Å². The molecule has 0 fully saturated rings. The Morgan fingerprint density at radius 2 is 2.11 bits per heavy atom. The van der Waals surface area contributed by atoms with E-state index in [2.05, 4.69) is 11.4 Å². The molecule has 0 atom stereocenters. The monoisotopic (exact) mass is 264 g/mol. The highest BCUT2D eigenvalue weighted by atomic mass is 19.1. The number of hydrogen-bond acceptors (Lipinski definition) is 3. The Kier molecular flexibility index (Phi) is 5.62. The SMILES string of the molecule is COc1cc(NCCCCC(C)(C)C#N)ccc1F. The normalized spacial score (nSPS) is 10.9.